The highest BCUT2D eigenvalue weighted by Gasteiger charge is 2.15. The van der Waals surface area contributed by atoms with E-state index in [1.807, 2.05) is 0 Å². The summed E-state index contributed by atoms with van der Waals surface area (Å²) in [6.45, 7) is -0.273. The molecule has 0 atom stereocenters. The Morgan fingerprint density at radius 1 is 1.33 bits per heavy atom. The second-order valence-electron chi connectivity index (χ2n) is 3.97. The Hall–Kier alpha value is -1.74. The van der Waals surface area contributed by atoms with Gasteiger partial charge in [-0.1, -0.05) is 0 Å². The molecule has 0 unspecified atom stereocenters. The van der Waals surface area contributed by atoms with Crippen molar-refractivity contribution in [2.45, 2.75) is 6.54 Å². The second-order valence-corrected chi connectivity index (χ2v) is 5.68. The molecule has 1 heterocycles. The number of aromatic carboxylic acids is 1. The largest absolute Gasteiger partial charge is 0.477 e. The van der Waals surface area contributed by atoms with Crippen molar-refractivity contribution >= 4 is 49.4 Å². The molecule has 6 nitrogen and oxygen atoms in total. The smallest absolute Gasteiger partial charge is 0.354 e. The summed E-state index contributed by atoms with van der Waals surface area (Å²) in [5, 5.41) is 15.3. The number of carbonyl (C=O) groups is 2. The number of aromatic nitrogens is 2. The number of benzene rings is 1. The van der Waals surface area contributed by atoms with Crippen LogP contribution in [0, 0.1) is 5.82 Å². The number of carboxylic acids is 1. The number of nitrogens with one attached hydrogen (secondary N) is 1. The number of amides is 1. The predicted octanol–water partition coefficient (Wildman–Crippen LogP) is 2.88. The summed E-state index contributed by atoms with van der Waals surface area (Å²) in [4.78, 5) is 22.9. The second kappa shape index (κ2) is 6.35. The van der Waals surface area contributed by atoms with Gasteiger partial charge in [-0.05, 0) is 50.1 Å². The van der Waals surface area contributed by atoms with E-state index in [9.17, 15) is 14.0 Å². The van der Waals surface area contributed by atoms with E-state index < -0.39 is 17.7 Å². The third kappa shape index (κ3) is 3.67. The lowest BCUT2D eigenvalue weighted by molar-refractivity contribution is -0.116. The fourth-order valence-corrected chi connectivity index (χ4v) is 2.95. The van der Waals surface area contributed by atoms with Crippen molar-refractivity contribution in [1.82, 2.24) is 9.78 Å². The number of rotatable bonds is 4. The van der Waals surface area contributed by atoms with Crippen LogP contribution in [-0.2, 0) is 11.3 Å². The molecule has 0 bridgehead atoms. The number of halogens is 3. The first-order valence-electron chi connectivity index (χ1n) is 5.58. The number of hydrogen-bond donors (Lipinski definition) is 2. The molecule has 1 aromatic carbocycles. The van der Waals surface area contributed by atoms with Crippen molar-refractivity contribution in [1.29, 1.82) is 0 Å². The average Bonchev–Trinajstić information content (AvgIpc) is 2.82. The molecule has 0 aliphatic heterocycles. The molecule has 0 saturated heterocycles. The molecule has 2 N–H and O–H groups in total. The first-order chi connectivity index (χ1) is 9.88. The standard InChI is InChI=1S/C12H8Br2FN3O3/c13-7-3-6(15)4-8(14)11(7)17-10(19)5-18-9(12(20)21)1-2-16-18/h1-4H,5H2,(H,17,19)(H,20,21). The molecule has 110 valence electrons. The van der Waals surface area contributed by atoms with Gasteiger partial charge in [0.15, 0.2) is 0 Å². The highest BCUT2D eigenvalue weighted by Crippen LogP contribution is 2.31. The van der Waals surface area contributed by atoms with E-state index in [0.29, 0.717) is 14.6 Å². The van der Waals surface area contributed by atoms with Gasteiger partial charge in [-0.3, -0.25) is 4.79 Å². The average molecular weight is 421 g/mol. The molecule has 1 amide bonds. The Morgan fingerprint density at radius 2 is 1.95 bits per heavy atom. The van der Waals surface area contributed by atoms with E-state index in [0.717, 1.165) is 4.68 Å². The maximum Gasteiger partial charge on any atom is 0.354 e. The van der Waals surface area contributed by atoms with Gasteiger partial charge in [0, 0.05) is 15.1 Å². The number of carboxylic acid groups (broad SMARTS) is 1. The number of hydrogen-bond acceptors (Lipinski definition) is 3. The number of carbonyl (C=O) groups excluding carboxylic acids is 1. The van der Waals surface area contributed by atoms with E-state index in [4.69, 9.17) is 5.11 Å². The molecule has 0 fully saturated rings. The number of anilines is 1. The van der Waals surface area contributed by atoms with E-state index in [2.05, 4.69) is 42.3 Å². The molecule has 9 heteroatoms. The lowest BCUT2D eigenvalue weighted by Crippen LogP contribution is -2.22. The van der Waals surface area contributed by atoms with Crippen LogP contribution in [-0.4, -0.2) is 26.8 Å². The monoisotopic (exact) mass is 419 g/mol. The Bertz CT molecular complexity index is 695. The van der Waals surface area contributed by atoms with Gasteiger partial charge in [0.1, 0.15) is 18.1 Å². The molecule has 0 aliphatic carbocycles. The topological polar surface area (TPSA) is 84.2 Å². The van der Waals surface area contributed by atoms with Crippen molar-refractivity contribution in [3.8, 4) is 0 Å². The van der Waals surface area contributed by atoms with E-state index in [1.54, 1.807) is 0 Å². The third-order valence-electron chi connectivity index (χ3n) is 2.50. The summed E-state index contributed by atoms with van der Waals surface area (Å²) < 4.78 is 14.9. The summed E-state index contributed by atoms with van der Waals surface area (Å²) in [5.41, 5.74) is 0.257. The van der Waals surface area contributed by atoms with Gasteiger partial charge in [-0.2, -0.15) is 5.10 Å². The third-order valence-corrected chi connectivity index (χ3v) is 3.75. The Morgan fingerprint density at radius 3 is 2.52 bits per heavy atom. The molecular formula is C12H8Br2FN3O3. The zero-order valence-corrected chi connectivity index (χ0v) is 13.5. The van der Waals surface area contributed by atoms with Crippen LogP contribution in [0.25, 0.3) is 0 Å². The molecule has 0 radical (unpaired) electrons. The molecule has 0 aliphatic rings. The van der Waals surface area contributed by atoms with Gasteiger partial charge in [-0.15, -0.1) is 0 Å². The van der Waals surface area contributed by atoms with E-state index in [-0.39, 0.29) is 12.2 Å². The molecule has 2 aromatic rings. The van der Waals surface area contributed by atoms with Gasteiger partial charge >= 0.3 is 5.97 Å². The summed E-state index contributed by atoms with van der Waals surface area (Å²) in [7, 11) is 0. The maximum absolute atomic E-state index is 13.1. The van der Waals surface area contributed by atoms with Crippen LogP contribution < -0.4 is 5.32 Å². The molecule has 0 spiro atoms. The minimum atomic E-state index is -1.18. The van der Waals surface area contributed by atoms with E-state index in [1.165, 1.54) is 24.4 Å². The fraction of sp³-hybridized carbons (Fsp3) is 0.0833. The minimum absolute atomic E-state index is 0.0950. The lowest BCUT2D eigenvalue weighted by Gasteiger charge is -2.10. The SMILES string of the molecule is O=C(Cn1nccc1C(=O)O)Nc1c(Br)cc(F)cc1Br. The van der Waals surface area contributed by atoms with Crippen molar-refractivity contribution < 1.29 is 19.1 Å². The highest BCUT2D eigenvalue weighted by molar-refractivity contribution is 9.11. The van der Waals surface area contributed by atoms with Crippen LogP contribution in [0.15, 0.2) is 33.3 Å². The molecular weight excluding hydrogens is 413 g/mol. The normalized spacial score (nSPS) is 10.4. The maximum atomic E-state index is 13.1. The van der Waals surface area contributed by atoms with Gasteiger partial charge in [0.2, 0.25) is 5.91 Å². The molecule has 2 rings (SSSR count). The van der Waals surface area contributed by atoms with Crippen LogP contribution in [0.2, 0.25) is 0 Å². The van der Waals surface area contributed by atoms with Gasteiger partial charge in [0.25, 0.3) is 0 Å². The zero-order valence-electron chi connectivity index (χ0n) is 10.3. The zero-order chi connectivity index (χ0) is 15.6. The first kappa shape index (κ1) is 15.6. The predicted molar refractivity (Wildman–Crippen MR) is 79.6 cm³/mol. The van der Waals surface area contributed by atoms with Gasteiger partial charge in [0.05, 0.1) is 5.69 Å². The van der Waals surface area contributed by atoms with Crippen LogP contribution in [0.5, 0.6) is 0 Å². The Kier molecular flexibility index (Phi) is 4.73. The molecule has 21 heavy (non-hydrogen) atoms. The number of nitrogens with zero attached hydrogens (tertiary/aromatic N) is 2. The van der Waals surface area contributed by atoms with Crippen molar-refractivity contribution in [3.05, 3.63) is 44.9 Å². The Balaban J connectivity index is 2.16. The van der Waals surface area contributed by atoms with Crippen LogP contribution >= 0.6 is 31.9 Å². The highest BCUT2D eigenvalue weighted by atomic mass is 79.9. The lowest BCUT2D eigenvalue weighted by atomic mass is 10.3. The van der Waals surface area contributed by atoms with Crippen LogP contribution in [0.1, 0.15) is 10.5 Å². The van der Waals surface area contributed by atoms with Crippen LogP contribution in [0.3, 0.4) is 0 Å². The summed E-state index contributed by atoms with van der Waals surface area (Å²) in [5.74, 6) is -2.13. The Labute approximate surface area is 135 Å². The fourth-order valence-electron chi connectivity index (χ4n) is 1.62. The van der Waals surface area contributed by atoms with Crippen molar-refractivity contribution in [2.75, 3.05) is 5.32 Å². The minimum Gasteiger partial charge on any atom is -0.477 e. The summed E-state index contributed by atoms with van der Waals surface area (Å²) >= 11 is 6.28. The quantitative estimate of drug-likeness (QED) is 0.796. The van der Waals surface area contributed by atoms with Crippen molar-refractivity contribution in [2.24, 2.45) is 0 Å². The van der Waals surface area contributed by atoms with Crippen LogP contribution in [0.4, 0.5) is 10.1 Å². The molecule has 1 aromatic heterocycles. The summed E-state index contributed by atoms with van der Waals surface area (Å²) in [6, 6.07) is 3.70. The summed E-state index contributed by atoms with van der Waals surface area (Å²) in [6.07, 6.45) is 1.29. The molecule has 0 saturated carbocycles. The van der Waals surface area contributed by atoms with Gasteiger partial charge < -0.3 is 10.4 Å². The first-order valence-corrected chi connectivity index (χ1v) is 7.16. The van der Waals surface area contributed by atoms with Gasteiger partial charge in [-0.25, -0.2) is 13.9 Å². The van der Waals surface area contributed by atoms with Crippen molar-refractivity contribution in [3.63, 3.8) is 0 Å². The van der Waals surface area contributed by atoms with E-state index >= 15 is 0 Å².